The number of carboxylic acids is 1. The summed E-state index contributed by atoms with van der Waals surface area (Å²) < 4.78 is 6.77. The van der Waals surface area contributed by atoms with E-state index in [0.29, 0.717) is 24.7 Å². The standard InChI is InChI=1S/C7H9N3O3/c8-6(7(11)12)4-3-5-10(9-4)1-2-13-5/h3,6H,1-2,8H2,(H,11,12). The molecule has 0 fully saturated rings. The number of carboxylic acid groups (broad SMARTS) is 1. The van der Waals surface area contributed by atoms with E-state index < -0.39 is 12.0 Å². The fraction of sp³-hybridized carbons (Fsp3) is 0.429. The van der Waals surface area contributed by atoms with Gasteiger partial charge in [0.05, 0.1) is 12.2 Å². The van der Waals surface area contributed by atoms with E-state index in [0.717, 1.165) is 0 Å². The number of carbonyl (C=O) groups is 1. The van der Waals surface area contributed by atoms with E-state index in [1.54, 1.807) is 10.7 Å². The van der Waals surface area contributed by atoms with Crippen molar-refractivity contribution in [3.63, 3.8) is 0 Å². The van der Waals surface area contributed by atoms with Crippen LogP contribution in [0, 0.1) is 0 Å². The van der Waals surface area contributed by atoms with Crippen LogP contribution in [0.15, 0.2) is 6.07 Å². The van der Waals surface area contributed by atoms with Crippen molar-refractivity contribution in [1.82, 2.24) is 9.78 Å². The Hall–Kier alpha value is -1.56. The van der Waals surface area contributed by atoms with Crippen LogP contribution in [0.5, 0.6) is 5.88 Å². The molecule has 0 bridgehead atoms. The van der Waals surface area contributed by atoms with Crippen molar-refractivity contribution in [3.05, 3.63) is 11.8 Å². The molecule has 1 aromatic rings. The van der Waals surface area contributed by atoms with Crippen LogP contribution < -0.4 is 10.5 Å². The van der Waals surface area contributed by atoms with Gasteiger partial charge < -0.3 is 15.6 Å². The van der Waals surface area contributed by atoms with E-state index in [4.69, 9.17) is 15.6 Å². The van der Waals surface area contributed by atoms with Crippen molar-refractivity contribution < 1.29 is 14.6 Å². The fourth-order valence-electron chi connectivity index (χ4n) is 1.21. The first kappa shape index (κ1) is 8.06. The monoisotopic (exact) mass is 183 g/mol. The molecular formula is C7H9N3O3. The molecule has 3 N–H and O–H groups in total. The Morgan fingerprint density at radius 3 is 3.23 bits per heavy atom. The number of fused-ring (bicyclic) bond motifs is 1. The zero-order chi connectivity index (χ0) is 9.42. The lowest BCUT2D eigenvalue weighted by molar-refractivity contribution is -0.138. The minimum absolute atomic E-state index is 0.335. The van der Waals surface area contributed by atoms with Crippen molar-refractivity contribution >= 4 is 5.97 Å². The smallest absolute Gasteiger partial charge is 0.326 e. The van der Waals surface area contributed by atoms with Crippen molar-refractivity contribution in [2.45, 2.75) is 12.6 Å². The summed E-state index contributed by atoms with van der Waals surface area (Å²) in [5.74, 6) is -0.497. The van der Waals surface area contributed by atoms with E-state index in [1.165, 1.54) is 0 Å². The number of nitrogens with zero attached hydrogens (tertiary/aromatic N) is 2. The number of aromatic nitrogens is 2. The van der Waals surface area contributed by atoms with Gasteiger partial charge in [-0.05, 0) is 0 Å². The molecule has 0 saturated heterocycles. The van der Waals surface area contributed by atoms with Crippen LogP contribution in [0.1, 0.15) is 11.7 Å². The van der Waals surface area contributed by atoms with Crippen molar-refractivity contribution in [2.75, 3.05) is 6.61 Å². The van der Waals surface area contributed by atoms with Gasteiger partial charge in [0.15, 0.2) is 0 Å². The highest BCUT2D eigenvalue weighted by Crippen LogP contribution is 2.21. The minimum Gasteiger partial charge on any atom is -0.480 e. The summed E-state index contributed by atoms with van der Waals surface area (Å²) in [6.07, 6.45) is 0. The van der Waals surface area contributed by atoms with Crippen LogP contribution in [0.2, 0.25) is 0 Å². The van der Waals surface area contributed by atoms with Crippen molar-refractivity contribution in [3.8, 4) is 5.88 Å². The van der Waals surface area contributed by atoms with Gasteiger partial charge in [0.2, 0.25) is 5.88 Å². The van der Waals surface area contributed by atoms with Gasteiger partial charge in [-0.25, -0.2) is 4.68 Å². The largest absolute Gasteiger partial charge is 0.480 e. The second kappa shape index (κ2) is 2.74. The van der Waals surface area contributed by atoms with Crippen LogP contribution in [-0.4, -0.2) is 27.5 Å². The molecule has 6 nitrogen and oxygen atoms in total. The third-order valence-electron chi connectivity index (χ3n) is 1.90. The third kappa shape index (κ3) is 1.25. The molecule has 13 heavy (non-hydrogen) atoms. The van der Waals surface area contributed by atoms with Crippen LogP contribution >= 0.6 is 0 Å². The van der Waals surface area contributed by atoms with E-state index in [1.807, 2.05) is 0 Å². The highest BCUT2D eigenvalue weighted by atomic mass is 16.5. The van der Waals surface area contributed by atoms with Crippen LogP contribution in [0.25, 0.3) is 0 Å². The van der Waals surface area contributed by atoms with Crippen LogP contribution in [0.4, 0.5) is 0 Å². The molecule has 1 aliphatic heterocycles. The maximum atomic E-state index is 10.5. The van der Waals surface area contributed by atoms with Crippen molar-refractivity contribution in [1.29, 1.82) is 0 Å². The van der Waals surface area contributed by atoms with Gasteiger partial charge >= 0.3 is 5.97 Å². The third-order valence-corrected chi connectivity index (χ3v) is 1.90. The molecule has 0 amide bonds. The second-order valence-corrected chi connectivity index (χ2v) is 2.79. The van der Waals surface area contributed by atoms with E-state index in [9.17, 15) is 4.79 Å². The lowest BCUT2D eigenvalue weighted by Crippen LogP contribution is -2.21. The first-order valence-corrected chi connectivity index (χ1v) is 3.87. The average Bonchev–Trinajstić information content (AvgIpc) is 2.59. The summed E-state index contributed by atoms with van der Waals surface area (Å²) >= 11 is 0. The number of hydrogen-bond acceptors (Lipinski definition) is 4. The van der Waals surface area contributed by atoms with Gasteiger partial charge in [-0.15, -0.1) is 0 Å². The quantitative estimate of drug-likeness (QED) is 0.636. The van der Waals surface area contributed by atoms with Gasteiger partial charge in [-0.2, -0.15) is 5.10 Å². The van der Waals surface area contributed by atoms with Gasteiger partial charge in [-0.3, -0.25) is 4.79 Å². The summed E-state index contributed by atoms with van der Waals surface area (Å²) in [4.78, 5) is 10.5. The molecule has 0 aliphatic carbocycles. The lowest BCUT2D eigenvalue weighted by Gasteiger charge is -2.00. The highest BCUT2D eigenvalue weighted by Gasteiger charge is 2.22. The number of hydrogen-bond donors (Lipinski definition) is 2. The molecule has 1 atom stereocenters. The van der Waals surface area contributed by atoms with Crippen LogP contribution in [0.3, 0.4) is 0 Å². The molecule has 70 valence electrons. The van der Waals surface area contributed by atoms with Gasteiger partial charge in [0, 0.05) is 6.07 Å². The predicted octanol–water partition coefficient (Wildman–Crippen LogP) is -0.640. The van der Waals surface area contributed by atoms with Gasteiger partial charge in [0.25, 0.3) is 0 Å². The molecule has 1 aromatic heterocycles. The first-order valence-electron chi connectivity index (χ1n) is 3.87. The molecular weight excluding hydrogens is 174 g/mol. The molecule has 0 spiro atoms. The SMILES string of the molecule is NC(C(=O)O)c1cc2n(n1)CCO2. The Bertz CT molecular complexity index is 325. The van der Waals surface area contributed by atoms with E-state index >= 15 is 0 Å². The van der Waals surface area contributed by atoms with E-state index in [2.05, 4.69) is 5.10 Å². The normalized spacial score (nSPS) is 16.4. The van der Waals surface area contributed by atoms with Crippen LogP contribution in [-0.2, 0) is 11.3 Å². The molecule has 6 heteroatoms. The number of rotatable bonds is 2. The number of nitrogens with two attached hydrogens (primary N) is 1. The Labute approximate surface area is 73.9 Å². The highest BCUT2D eigenvalue weighted by molar-refractivity contribution is 5.74. The molecule has 2 rings (SSSR count). The molecule has 0 saturated carbocycles. The molecule has 0 radical (unpaired) electrons. The summed E-state index contributed by atoms with van der Waals surface area (Å²) in [7, 11) is 0. The molecule has 0 aromatic carbocycles. The Kier molecular flexibility index (Phi) is 1.70. The first-order chi connectivity index (χ1) is 6.18. The van der Waals surface area contributed by atoms with E-state index in [-0.39, 0.29) is 0 Å². The Balaban J connectivity index is 2.28. The topological polar surface area (TPSA) is 90.4 Å². The Morgan fingerprint density at radius 2 is 2.62 bits per heavy atom. The summed E-state index contributed by atoms with van der Waals surface area (Å²) in [5, 5.41) is 12.6. The molecule has 1 aliphatic rings. The fourth-order valence-corrected chi connectivity index (χ4v) is 1.21. The summed E-state index contributed by atoms with van der Waals surface area (Å²) in [5.41, 5.74) is 5.70. The number of aliphatic carboxylic acids is 1. The predicted molar refractivity (Wildman–Crippen MR) is 42.3 cm³/mol. The average molecular weight is 183 g/mol. The second-order valence-electron chi connectivity index (χ2n) is 2.79. The maximum absolute atomic E-state index is 10.5. The lowest BCUT2D eigenvalue weighted by atomic mass is 10.2. The van der Waals surface area contributed by atoms with Gasteiger partial charge in [0.1, 0.15) is 12.6 Å². The Morgan fingerprint density at radius 1 is 1.85 bits per heavy atom. The summed E-state index contributed by atoms with van der Waals surface area (Å²) in [6.45, 7) is 1.24. The molecule has 2 heterocycles. The maximum Gasteiger partial charge on any atom is 0.326 e. The van der Waals surface area contributed by atoms with Crippen molar-refractivity contribution in [2.24, 2.45) is 5.73 Å². The minimum atomic E-state index is -1.09. The molecule has 1 unspecified atom stereocenters. The number of ether oxygens (including phenoxy) is 1. The van der Waals surface area contributed by atoms with Gasteiger partial charge in [-0.1, -0.05) is 0 Å². The zero-order valence-corrected chi connectivity index (χ0v) is 6.80. The summed E-state index contributed by atoms with van der Waals surface area (Å²) in [6, 6.07) is 0.493. The zero-order valence-electron chi connectivity index (χ0n) is 6.80.